The van der Waals surface area contributed by atoms with E-state index in [-0.39, 0.29) is 16.7 Å². The third-order valence-electron chi connectivity index (χ3n) is 5.32. The van der Waals surface area contributed by atoms with Gasteiger partial charge in [0.15, 0.2) is 0 Å². The molecule has 0 spiro atoms. The zero-order chi connectivity index (χ0) is 23.6. The number of esters is 1. The largest absolute Gasteiger partial charge is 0.465 e. The predicted octanol–water partition coefficient (Wildman–Crippen LogP) is 4.96. The van der Waals surface area contributed by atoms with Crippen molar-refractivity contribution < 1.29 is 22.7 Å². The zero-order valence-corrected chi connectivity index (χ0v) is 20.8. The van der Waals surface area contributed by atoms with Gasteiger partial charge in [0.25, 0.3) is 10.0 Å². The molecule has 1 fully saturated rings. The van der Waals surface area contributed by atoms with E-state index < -0.39 is 21.9 Å². The zero-order valence-electron chi connectivity index (χ0n) is 17.6. The lowest BCUT2D eigenvalue weighted by atomic mass is 9.98. The van der Waals surface area contributed by atoms with Crippen molar-refractivity contribution in [3.05, 3.63) is 57.7 Å². The highest BCUT2D eigenvalue weighted by Crippen LogP contribution is 2.36. The summed E-state index contributed by atoms with van der Waals surface area (Å²) < 4.78 is 32.7. The Morgan fingerprint density at radius 1 is 1.15 bits per heavy atom. The Kier molecular flexibility index (Phi) is 7.20. The number of anilines is 1. The molecule has 1 aliphatic heterocycles. The van der Waals surface area contributed by atoms with Crippen LogP contribution in [0.5, 0.6) is 0 Å². The molecule has 1 atom stereocenters. The molecule has 33 heavy (non-hydrogen) atoms. The van der Waals surface area contributed by atoms with Crippen molar-refractivity contribution >= 4 is 61.9 Å². The van der Waals surface area contributed by atoms with Crippen LogP contribution in [0.25, 0.3) is 10.4 Å². The lowest BCUT2D eigenvalue weighted by molar-refractivity contribution is -0.120. The van der Waals surface area contributed by atoms with Crippen molar-refractivity contribution in [2.24, 2.45) is 5.92 Å². The summed E-state index contributed by atoms with van der Waals surface area (Å²) in [5.74, 6) is -1.42. The van der Waals surface area contributed by atoms with Crippen LogP contribution in [0.1, 0.15) is 22.5 Å². The van der Waals surface area contributed by atoms with Gasteiger partial charge in [0.05, 0.1) is 23.1 Å². The van der Waals surface area contributed by atoms with Gasteiger partial charge in [0.1, 0.15) is 9.09 Å². The number of methoxy groups -OCH3 is 1. The van der Waals surface area contributed by atoms with Crippen LogP contribution in [-0.2, 0) is 19.6 Å². The van der Waals surface area contributed by atoms with Crippen molar-refractivity contribution in [1.82, 2.24) is 4.31 Å². The first kappa shape index (κ1) is 23.9. The molecule has 0 radical (unpaired) electrons. The lowest BCUT2D eigenvalue weighted by Crippen LogP contribution is -2.43. The molecule has 1 saturated heterocycles. The van der Waals surface area contributed by atoms with Crippen LogP contribution in [0.2, 0.25) is 4.34 Å². The summed E-state index contributed by atoms with van der Waals surface area (Å²) >= 11 is 8.13. The Morgan fingerprint density at radius 2 is 1.91 bits per heavy atom. The van der Waals surface area contributed by atoms with Gasteiger partial charge in [-0.1, -0.05) is 41.9 Å². The average Bonchev–Trinajstić information content (AvgIpc) is 3.46. The summed E-state index contributed by atoms with van der Waals surface area (Å²) in [6, 6.07) is 14.3. The third-order valence-corrected chi connectivity index (χ3v) is 10.0. The van der Waals surface area contributed by atoms with E-state index in [1.54, 1.807) is 12.1 Å². The van der Waals surface area contributed by atoms with Gasteiger partial charge in [-0.25, -0.2) is 13.2 Å². The van der Waals surface area contributed by atoms with Crippen LogP contribution in [-0.4, -0.2) is 44.8 Å². The minimum Gasteiger partial charge on any atom is -0.465 e. The maximum absolute atomic E-state index is 13.1. The van der Waals surface area contributed by atoms with E-state index in [1.165, 1.54) is 28.8 Å². The fraction of sp³-hybridized carbons (Fsp3) is 0.273. The van der Waals surface area contributed by atoms with E-state index in [0.29, 0.717) is 34.3 Å². The fourth-order valence-corrected chi connectivity index (χ4v) is 7.84. The summed E-state index contributed by atoms with van der Waals surface area (Å²) in [7, 11) is -2.43. The van der Waals surface area contributed by atoms with Crippen LogP contribution in [0.4, 0.5) is 5.69 Å². The van der Waals surface area contributed by atoms with Crippen LogP contribution in [0, 0.1) is 5.92 Å². The summed E-state index contributed by atoms with van der Waals surface area (Å²) in [5, 5.41) is 2.83. The highest BCUT2D eigenvalue weighted by Gasteiger charge is 2.34. The smallest absolute Gasteiger partial charge is 0.350 e. The second kappa shape index (κ2) is 9.94. The highest BCUT2D eigenvalue weighted by atomic mass is 35.5. The van der Waals surface area contributed by atoms with Gasteiger partial charge in [-0.15, -0.1) is 22.7 Å². The van der Waals surface area contributed by atoms with E-state index in [9.17, 15) is 18.0 Å². The maximum atomic E-state index is 13.1. The Labute approximate surface area is 205 Å². The van der Waals surface area contributed by atoms with Gasteiger partial charge in [0.2, 0.25) is 5.91 Å². The molecule has 1 unspecified atom stereocenters. The van der Waals surface area contributed by atoms with Crippen molar-refractivity contribution in [3.8, 4) is 10.4 Å². The molecule has 174 valence electrons. The Balaban J connectivity index is 1.54. The molecule has 1 aliphatic rings. The molecule has 0 saturated carbocycles. The molecule has 2 aromatic heterocycles. The molecule has 3 aromatic rings. The Hall–Kier alpha value is -2.24. The number of sulfonamides is 1. The van der Waals surface area contributed by atoms with Gasteiger partial charge in [0, 0.05) is 18.0 Å². The second-order valence-electron chi connectivity index (χ2n) is 7.46. The van der Waals surface area contributed by atoms with Crippen LogP contribution in [0.15, 0.2) is 52.7 Å². The number of piperidine rings is 1. The number of hydrogen-bond donors (Lipinski definition) is 1. The first-order valence-corrected chi connectivity index (χ1v) is 13.6. The maximum Gasteiger partial charge on any atom is 0.350 e. The number of ether oxygens (including phenoxy) is 1. The number of thiophene rings is 2. The van der Waals surface area contributed by atoms with Crippen molar-refractivity contribution in [2.75, 3.05) is 25.5 Å². The number of carbonyl (C=O) groups excluding carboxylic acids is 2. The van der Waals surface area contributed by atoms with Crippen LogP contribution < -0.4 is 5.32 Å². The SMILES string of the molecule is COC(=O)c1sc(-c2ccccc2)cc1NC(=O)C1CCCN(S(=O)(=O)c2ccc(Cl)s2)C1. The molecule has 1 N–H and O–H groups in total. The monoisotopic (exact) mass is 524 g/mol. The Bertz CT molecular complexity index is 1270. The number of nitrogens with zero attached hydrogens (tertiary/aromatic N) is 1. The summed E-state index contributed by atoms with van der Waals surface area (Å²) in [5.41, 5.74) is 1.28. The number of carbonyl (C=O) groups is 2. The first-order valence-electron chi connectivity index (χ1n) is 10.1. The topological polar surface area (TPSA) is 92.8 Å². The number of hydrogen-bond acceptors (Lipinski definition) is 7. The van der Waals surface area contributed by atoms with Gasteiger partial charge in [-0.2, -0.15) is 4.31 Å². The van der Waals surface area contributed by atoms with E-state index in [4.69, 9.17) is 16.3 Å². The summed E-state index contributed by atoms with van der Waals surface area (Å²) in [4.78, 5) is 26.5. The molecule has 7 nitrogen and oxygen atoms in total. The van der Waals surface area contributed by atoms with Gasteiger partial charge in [-0.3, -0.25) is 4.79 Å². The average molecular weight is 525 g/mol. The lowest BCUT2D eigenvalue weighted by Gasteiger charge is -2.30. The molecule has 11 heteroatoms. The molecule has 4 rings (SSSR count). The van der Waals surface area contributed by atoms with E-state index in [0.717, 1.165) is 21.8 Å². The molecule has 3 heterocycles. The quantitative estimate of drug-likeness (QED) is 0.460. The highest BCUT2D eigenvalue weighted by molar-refractivity contribution is 7.91. The minimum absolute atomic E-state index is 0.0624. The molecular weight excluding hydrogens is 504 g/mol. The Morgan fingerprint density at radius 3 is 2.58 bits per heavy atom. The van der Waals surface area contributed by atoms with Crippen molar-refractivity contribution in [3.63, 3.8) is 0 Å². The van der Waals surface area contributed by atoms with Gasteiger partial charge in [-0.05, 0) is 36.6 Å². The number of amides is 1. The number of nitrogens with one attached hydrogen (secondary N) is 1. The standard InChI is InChI=1S/C22H21ClN2O5S3/c1-30-22(27)20-16(12-17(31-20)14-6-3-2-4-7-14)24-21(26)15-8-5-11-25(13-15)33(28,29)19-10-9-18(23)32-19/h2-4,6-7,9-10,12,15H,5,8,11,13H2,1H3,(H,24,26). The van der Waals surface area contributed by atoms with Crippen LogP contribution in [0.3, 0.4) is 0 Å². The second-order valence-corrected chi connectivity index (χ2v) is 12.4. The van der Waals surface area contributed by atoms with Crippen molar-refractivity contribution in [1.29, 1.82) is 0 Å². The van der Waals surface area contributed by atoms with E-state index in [2.05, 4.69) is 5.32 Å². The number of benzene rings is 1. The normalized spacial score (nSPS) is 17.0. The number of halogens is 1. The summed E-state index contributed by atoms with van der Waals surface area (Å²) in [6.45, 7) is 0.401. The molecule has 1 amide bonds. The summed E-state index contributed by atoms with van der Waals surface area (Å²) in [6.07, 6.45) is 1.10. The van der Waals surface area contributed by atoms with E-state index in [1.807, 2.05) is 30.3 Å². The predicted molar refractivity (Wildman–Crippen MR) is 131 cm³/mol. The first-order chi connectivity index (χ1) is 15.8. The third kappa shape index (κ3) is 5.15. The molecule has 0 aliphatic carbocycles. The van der Waals surface area contributed by atoms with E-state index >= 15 is 0 Å². The van der Waals surface area contributed by atoms with Crippen molar-refractivity contribution in [2.45, 2.75) is 17.1 Å². The number of rotatable bonds is 6. The molecular formula is C22H21ClN2O5S3. The fourth-order valence-electron chi connectivity index (χ4n) is 3.65. The van der Waals surface area contributed by atoms with Gasteiger partial charge < -0.3 is 10.1 Å². The van der Waals surface area contributed by atoms with Gasteiger partial charge >= 0.3 is 5.97 Å². The minimum atomic E-state index is -3.72. The molecule has 1 aromatic carbocycles. The molecule has 0 bridgehead atoms. The van der Waals surface area contributed by atoms with Crippen LogP contribution >= 0.6 is 34.3 Å².